The van der Waals surface area contributed by atoms with Gasteiger partial charge in [0.15, 0.2) is 0 Å². The van der Waals surface area contributed by atoms with Gasteiger partial charge in [0.2, 0.25) is 0 Å². The van der Waals surface area contributed by atoms with Crippen LogP contribution in [0.1, 0.15) is 51.9 Å². The van der Waals surface area contributed by atoms with Crippen LogP contribution in [0.15, 0.2) is 0 Å². The van der Waals surface area contributed by atoms with Gasteiger partial charge in [0, 0.05) is 19.6 Å². The molecule has 0 bridgehead atoms. The molecular weight excluding hydrogens is 243 g/mol. The number of hydrogen-bond donors (Lipinski definition) is 1. The zero-order valence-electron chi connectivity index (χ0n) is 11.1. The van der Waals surface area contributed by atoms with Gasteiger partial charge in [0.05, 0.1) is 5.60 Å². The van der Waals surface area contributed by atoms with Gasteiger partial charge in [-0.05, 0) is 38.0 Å². The van der Waals surface area contributed by atoms with Crippen LogP contribution in [0, 0.1) is 5.92 Å². The Bertz CT molecular complexity index is 235. The van der Waals surface area contributed by atoms with Gasteiger partial charge in [-0.1, -0.05) is 13.3 Å². The lowest BCUT2D eigenvalue weighted by Gasteiger charge is -2.39. The number of hydrogen-bond acceptors (Lipinski definition) is 2. The molecule has 0 saturated heterocycles. The quantitative estimate of drug-likeness (QED) is 0.746. The standard InChI is InChI=1S/C13H24F3NO/c1-2-11-4-7-12(10-17,8-5-11)18-9-3-6-13(14,15)16/h11H,2-10,17H2,1H3. The highest BCUT2D eigenvalue weighted by atomic mass is 19.4. The highest BCUT2D eigenvalue weighted by Gasteiger charge is 2.35. The predicted octanol–water partition coefficient (Wildman–Crippen LogP) is 3.64. The third kappa shape index (κ3) is 5.14. The fraction of sp³-hybridized carbons (Fsp3) is 1.00. The Balaban J connectivity index is 2.29. The second kappa shape index (κ2) is 6.75. The van der Waals surface area contributed by atoms with Crippen LogP contribution in [0.3, 0.4) is 0 Å². The molecule has 0 radical (unpaired) electrons. The number of nitrogens with two attached hydrogens (primary N) is 1. The molecule has 0 amide bonds. The first-order valence-corrected chi connectivity index (χ1v) is 6.81. The molecule has 1 aliphatic carbocycles. The zero-order valence-corrected chi connectivity index (χ0v) is 11.1. The summed E-state index contributed by atoms with van der Waals surface area (Å²) in [6.45, 7) is 2.74. The molecule has 18 heavy (non-hydrogen) atoms. The fourth-order valence-electron chi connectivity index (χ4n) is 2.58. The maximum Gasteiger partial charge on any atom is 0.389 e. The summed E-state index contributed by atoms with van der Waals surface area (Å²) < 4.78 is 41.7. The molecule has 0 aromatic carbocycles. The van der Waals surface area contributed by atoms with Crippen molar-refractivity contribution in [3.05, 3.63) is 0 Å². The van der Waals surface area contributed by atoms with Gasteiger partial charge in [0.25, 0.3) is 0 Å². The normalized spacial score (nSPS) is 29.5. The van der Waals surface area contributed by atoms with E-state index in [9.17, 15) is 13.2 Å². The molecule has 0 atom stereocenters. The van der Waals surface area contributed by atoms with E-state index in [-0.39, 0.29) is 18.6 Å². The van der Waals surface area contributed by atoms with Crippen molar-refractivity contribution in [3.63, 3.8) is 0 Å². The van der Waals surface area contributed by atoms with E-state index in [1.54, 1.807) is 0 Å². The fourth-order valence-corrected chi connectivity index (χ4v) is 2.58. The second-order valence-electron chi connectivity index (χ2n) is 5.31. The van der Waals surface area contributed by atoms with Crippen LogP contribution >= 0.6 is 0 Å². The molecule has 5 heteroatoms. The van der Waals surface area contributed by atoms with Crippen molar-refractivity contribution in [1.29, 1.82) is 0 Å². The molecule has 1 aliphatic rings. The Hall–Kier alpha value is -0.290. The summed E-state index contributed by atoms with van der Waals surface area (Å²) in [5.41, 5.74) is 5.38. The molecule has 2 nitrogen and oxygen atoms in total. The number of halogens is 3. The molecule has 0 aliphatic heterocycles. The van der Waals surface area contributed by atoms with Crippen molar-refractivity contribution in [3.8, 4) is 0 Å². The van der Waals surface area contributed by atoms with Crippen LogP contribution in [0.5, 0.6) is 0 Å². The highest BCUT2D eigenvalue weighted by Crippen LogP contribution is 2.36. The molecule has 1 saturated carbocycles. The lowest BCUT2D eigenvalue weighted by atomic mass is 9.77. The Morgan fingerprint density at radius 2 is 1.89 bits per heavy atom. The van der Waals surface area contributed by atoms with E-state index in [1.165, 1.54) is 0 Å². The molecule has 1 rings (SSSR count). The maximum absolute atomic E-state index is 12.0. The maximum atomic E-state index is 12.0. The van der Waals surface area contributed by atoms with Crippen LogP contribution in [0.4, 0.5) is 13.2 Å². The third-order valence-electron chi connectivity index (χ3n) is 3.98. The Morgan fingerprint density at radius 1 is 1.28 bits per heavy atom. The molecule has 0 aromatic heterocycles. The Morgan fingerprint density at radius 3 is 2.33 bits per heavy atom. The molecule has 1 fully saturated rings. The first-order chi connectivity index (χ1) is 8.41. The van der Waals surface area contributed by atoms with Crippen LogP contribution in [-0.4, -0.2) is 24.9 Å². The van der Waals surface area contributed by atoms with E-state index >= 15 is 0 Å². The van der Waals surface area contributed by atoms with Crippen LogP contribution in [-0.2, 0) is 4.74 Å². The summed E-state index contributed by atoms with van der Waals surface area (Å²) in [5, 5.41) is 0. The van der Waals surface area contributed by atoms with Crippen molar-refractivity contribution in [1.82, 2.24) is 0 Å². The topological polar surface area (TPSA) is 35.2 Å². The molecule has 0 unspecified atom stereocenters. The average molecular weight is 267 g/mol. The molecule has 108 valence electrons. The summed E-state index contributed by atoms with van der Waals surface area (Å²) >= 11 is 0. The van der Waals surface area contributed by atoms with Crippen molar-refractivity contribution in [2.75, 3.05) is 13.2 Å². The molecular formula is C13H24F3NO. The van der Waals surface area contributed by atoms with Crippen molar-refractivity contribution >= 4 is 0 Å². The summed E-state index contributed by atoms with van der Waals surface area (Å²) in [7, 11) is 0. The molecule has 0 aromatic rings. The van der Waals surface area contributed by atoms with E-state index in [2.05, 4.69) is 6.92 Å². The number of alkyl halides is 3. The first-order valence-electron chi connectivity index (χ1n) is 6.81. The van der Waals surface area contributed by atoms with E-state index in [1.807, 2.05) is 0 Å². The Labute approximate surface area is 107 Å². The monoisotopic (exact) mass is 267 g/mol. The zero-order chi connectivity index (χ0) is 13.6. The van der Waals surface area contributed by atoms with Crippen LogP contribution in [0.25, 0.3) is 0 Å². The molecule has 2 N–H and O–H groups in total. The average Bonchev–Trinajstić information content (AvgIpc) is 2.34. The van der Waals surface area contributed by atoms with Gasteiger partial charge in [0.1, 0.15) is 0 Å². The van der Waals surface area contributed by atoms with E-state index in [4.69, 9.17) is 10.5 Å². The number of ether oxygens (including phenoxy) is 1. The van der Waals surface area contributed by atoms with Crippen molar-refractivity contribution < 1.29 is 17.9 Å². The SMILES string of the molecule is CCC1CCC(CN)(OCCCC(F)(F)F)CC1. The smallest absolute Gasteiger partial charge is 0.374 e. The summed E-state index contributed by atoms with van der Waals surface area (Å²) in [4.78, 5) is 0. The van der Waals surface area contributed by atoms with Gasteiger partial charge in [-0.3, -0.25) is 0 Å². The van der Waals surface area contributed by atoms with Crippen molar-refractivity contribution in [2.24, 2.45) is 11.7 Å². The van der Waals surface area contributed by atoms with Crippen LogP contribution in [0.2, 0.25) is 0 Å². The lowest BCUT2D eigenvalue weighted by molar-refractivity contribution is -0.143. The third-order valence-corrected chi connectivity index (χ3v) is 3.98. The van der Waals surface area contributed by atoms with Gasteiger partial charge < -0.3 is 10.5 Å². The summed E-state index contributed by atoms with van der Waals surface area (Å²) in [5.74, 6) is 0.725. The highest BCUT2D eigenvalue weighted by molar-refractivity contribution is 4.88. The number of rotatable bonds is 6. The molecule has 0 spiro atoms. The minimum absolute atomic E-state index is 0.0302. The van der Waals surface area contributed by atoms with Gasteiger partial charge >= 0.3 is 6.18 Å². The van der Waals surface area contributed by atoms with Crippen LogP contribution < -0.4 is 5.73 Å². The lowest BCUT2D eigenvalue weighted by Crippen LogP contribution is -2.44. The first kappa shape index (κ1) is 15.8. The largest absolute Gasteiger partial charge is 0.389 e. The molecule has 0 heterocycles. The minimum Gasteiger partial charge on any atom is -0.374 e. The van der Waals surface area contributed by atoms with E-state index in [0.29, 0.717) is 6.54 Å². The summed E-state index contributed by atoms with van der Waals surface area (Å²) in [6.07, 6.45) is 0.253. The summed E-state index contributed by atoms with van der Waals surface area (Å²) in [6, 6.07) is 0. The van der Waals surface area contributed by atoms with Gasteiger partial charge in [-0.2, -0.15) is 13.2 Å². The van der Waals surface area contributed by atoms with Gasteiger partial charge in [-0.25, -0.2) is 0 Å². The minimum atomic E-state index is -4.08. The second-order valence-corrected chi connectivity index (χ2v) is 5.31. The van der Waals surface area contributed by atoms with E-state index in [0.717, 1.165) is 38.0 Å². The van der Waals surface area contributed by atoms with E-state index < -0.39 is 12.6 Å². The Kier molecular flexibility index (Phi) is 5.92. The van der Waals surface area contributed by atoms with Gasteiger partial charge in [-0.15, -0.1) is 0 Å². The predicted molar refractivity (Wildman–Crippen MR) is 65.3 cm³/mol. The van der Waals surface area contributed by atoms with Crippen molar-refractivity contribution in [2.45, 2.75) is 63.6 Å².